The van der Waals surface area contributed by atoms with E-state index in [9.17, 15) is 0 Å². The minimum absolute atomic E-state index is 0.335. The van der Waals surface area contributed by atoms with Gasteiger partial charge in [-0.2, -0.15) is 0 Å². The average Bonchev–Trinajstić information content (AvgIpc) is 2.27. The van der Waals surface area contributed by atoms with Gasteiger partial charge in [0.05, 0.1) is 12.7 Å². The summed E-state index contributed by atoms with van der Waals surface area (Å²) in [5, 5.41) is 0. The quantitative estimate of drug-likeness (QED) is 0.690. The molecule has 0 saturated carbocycles. The molecule has 0 spiro atoms. The maximum Gasteiger partial charge on any atom is 0.0728 e. The van der Waals surface area contributed by atoms with Crippen LogP contribution < -0.4 is 0 Å². The van der Waals surface area contributed by atoms with Gasteiger partial charge in [0, 0.05) is 0 Å². The van der Waals surface area contributed by atoms with Gasteiger partial charge in [0.25, 0.3) is 0 Å². The lowest BCUT2D eigenvalue weighted by Gasteiger charge is -2.15. The largest absolute Gasteiger partial charge is 0.374 e. The second-order valence-electron chi connectivity index (χ2n) is 4.26. The van der Waals surface area contributed by atoms with Crippen LogP contribution in [-0.2, 0) is 11.3 Å². The first-order chi connectivity index (χ1) is 7.69. The fourth-order valence-corrected chi connectivity index (χ4v) is 1.83. The van der Waals surface area contributed by atoms with Crippen LogP contribution in [0.1, 0.15) is 43.4 Å². The van der Waals surface area contributed by atoms with Crippen molar-refractivity contribution in [2.45, 2.75) is 46.3 Å². The van der Waals surface area contributed by atoms with Crippen molar-refractivity contribution < 1.29 is 4.74 Å². The summed E-state index contributed by atoms with van der Waals surface area (Å²) in [4.78, 5) is 0. The topological polar surface area (TPSA) is 9.23 Å². The standard InChI is InChI=1S/C15H22O/c1-5-8-13(4)16-11-15-12(3)9-7-10-14(15)6-2/h6-7,9-10,13H,2,5,8,11H2,1,3-4H3. The van der Waals surface area contributed by atoms with Gasteiger partial charge in [-0.1, -0.05) is 44.2 Å². The van der Waals surface area contributed by atoms with Crippen molar-refractivity contribution >= 4 is 6.08 Å². The predicted octanol–water partition coefficient (Wildman–Crippen LogP) is 4.34. The minimum Gasteiger partial charge on any atom is -0.374 e. The fourth-order valence-electron chi connectivity index (χ4n) is 1.83. The average molecular weight is 218 g/mol. The zero-order chi connectivity index (χ0) is 12.0. The first-order valence-electron chi connectivity index (χ1n) is 6.01. The van der Waals surface area contributed by atoms with Crippen molar-refractivity contribution in [3.8, 4) is 0 Å². The van der Waals surface area contributed by atoms with Crippen molar-refractivity contribution in [3.63, 3.8) is 0 Å². The SMILES string of the molecule is C=Cc1cccc(C)c1COC(C)CCC. The van der Waals surface area contributed by atoms with E-state index in [4.69, 9.17) is 4.74 Å². The molecule has 0 N–H and O–H groups in total. The van der Waals surface area contributed by atoms with Gasteiger partial charge < -0.3 is 4.74 Å². The monoisotopic (exact) mass is 218 g/mol. The molecule has 0 saturated heterocycles. The summed E-state index contributed by atoms with van der Waals surface area (Å²) < 4.78 is 5.84. The van der Waals surface area contributed by atoms with Gasteiger partial charge in [-0.3, -0.25) is 0 Å². The van der Waals surface area contributed by atoms with E-state index >= 15 is 0 Å². The van der Waals surface area contributed by atoms with Crippen LogP contribution in [0.3, 0.4) is 0 Å². The molecule has 1 heteroatoms. The lowest BCUT2D eigenvalue weighted by Crippen LogP contribution is -2.08. The number of ether oxygens (including phenoxy) is 1. The maximum absolute atomic E-state index is 5.84. The molecule has 1 unspecified atom stereocenters. The van der Waals surface area contributed by atoms with E-state index in [0.717, 1.165) is 6.42 Å². The van der Waals surface area contributed by atoms with Gasteiger partial charge in [0.15, 0.2) is 0 Å². The van der Waals surface area contributed by atoms with E-state index in [1.165, 1.54) is 23.1 Å². The Morgan fingerprint density at radius 2 is 2.19 bits per heavy atom. The van der Waals surface area contributed by atoms with Crippen molar-refractivity contribution in [1.82, 2.24) is 0 Å². The highest BCUT2D eigenvalue weighted by Gasteiger charge is 2.06. The summed E-state index contributed by atoms with van der Waals surface area (Å²) in [6.07, 6.45) is 4.52. The second kappa shape index (κ2) is 6.49. The van der Waals surface area contributed by atoms with Gasteiger partial charge in [-0.15, -0.1) is 0 Å². The molecule has 0 aliphatic rings. The first-order valence-corrected chi connectivity index (χ1v) is 6.01. The van der Waals surface area contributed by atoms with E-state index in [0.29, 0.717) is 12.7 Å². The summed E-state index contributed by atoms with van der Waals surface area (Å²) in [6, 6.07) is 6.27. The molecule has 0 fully saturated rings. The Labute approximate surface area is 99.1 Å². The number of aryl methyl sites for hydroxylation is 1. The Bertz CT molecular complexity index is 341. The summed E-state index contributed by atoms with van der Waals surface area (Å²) in [5.74, 6) is 0. The highest BCUT2D eigenvalue weighted by atomic mass is 16.5. The molecule has 0 bridgehead atoms. The predicted molar refractivity (Wildman–Crippen MR) is 70.4 cm³/mol. The molecule has 0 aliphatic carbocycles. The highest BCUT2D eigenvalue weighted by molar-refractivity contribution is 5.53. The van der Waals surface area contributed by atoms with Crippen LogP contribution >= 0.6 is 0 Å². The van der Waals surface area contributed by atoms with Crippen LogP contribution in [-0.4, -0.2) is 6.10 Å². The zero-order valence-corrected chi connectivity index (χ0v) is 10.6. The molecule has 1 aromatic rings. The minimum atomic E-state index is 0.335. The lowest BCUT2D eigenvalue weighted by molar-refractivity contribution is 0.0468. The van der Waals surface area contributed by atoms with Crippen LogP contribution in [0, 0.1) is 6.92 Å². The first kappa shape index (κ1) is 13.0. The van der Waals surface area contributed by atoms with Crippen LogP contribution in [0.4, 0.5) is 0 Å². The van der Waals surface area contributed by atoms with Crippen LogP contribution in [0.15, 0.2) is 24.8 Å². The molecule has 0 radical (unpaired) electrons. The fraction of sp³-hybridized carbons (Fsp3) is 0.467. The maximum atomic E-state index is 5.84. The van der Waals surface area contributed by atoms with E-state index in [-0.39, 0.29) is 0 Å². The number of hydrogen-bond acceptors (Lipinski definition) is 1. The normalized spacial score (nSPS) is 12.4. The zero-order valence-electron chi connectivity index (χ0n) is 10.6. The molecule has 1 nitrogen and oxygen atoms in total. The molecule has 0 heterocycles. The molecular weight excluding hydrogens is 196 g/mol. The van der Waals surface area contributed by atoms with Crippen LogP contribution in [0.5, 0.6) is 0 Å². The van der Waals surface area contributed by atoms with Gasteiger partial charge in [-0.25, -0.2) is 0 Å². The molecule has 1 aromatic carbocycles. The molecule has 0 aromatic heterocycles. The molecule has 0 amide bonds. The Morgan fingerprint density at radius 3 is 2.81 bits per heavy atom. The number of benzene rings is 1. The van der Waals surface area contributed by atoms with Crippen molar-refractivity contribution in [3.05, 3.63) is 41.5 Å². The third-order valence-electron chi connectivity index (χ3n) is 2.87. The number of rotatable bonds is 6. The third kappa shape index (κ3) is 3.49. The Balaban J connectivity index is 2.69. The van der Waals surface area contributed by atoms with Gasteiger partial charge >= 0.3 is 0 Å². The van der Waals surface area contributed by atoms with E-state index in [1.54, 1.807) is 0 Å². The van der Waals surface area contributed by atoms with E-state index in [1.807, 2.05) is 6.08 Å². The lowest BCUT2D eigenvalue weighted by atomic mass is 10.0. The van der Waals surface area contributed by atoms with Gasteiger partial charge in [-0.05, 0) is 37.0 Å². The van der Waals surface area contributed by atoms with Crippen LogP contribution in [0.2, 0.25) is 0 Å². The third-order valence-corrected chi connectivity index (χ3v) is 2.87. The molecular formula is C15H22O. The van der Waals surface area contributed by atoms with Gasteiger partial charge in [0.2, 0.25) is 0 Å². The summed E-state index contributed by atoms with van der Waals surface area (Å²) in [7, 11) is 0. The van der Waals surface area contributed by atoms with Crippen molar-refractivity contribution in [2.24, 2.45) is 0 Å². The molecule has 1 rings (SSSR count). The second-order valence-corrected chi connectivity index (χ2v) is 4.26. The molecule has 1 atom stereocenters. The van der Waals surface area contributed by atoms with Crippen molar-refractivity contribution in [1.29, 1.82) is 0 Å². The smallest absolute Gasteiger partial charge is 0.0728 e. The summed E-state index contributed by atoms with van der Waals surface area (Å²) >= 11 is 0. The molecule has 88 valence electrons. The Hall–Kier alpha value is -1.08. The number of hydrogen-bond donors (Lipinski definition) is 0. The molecule has 16 heavy (non-hydrogen) atoms. The van der Waals surface area contributed by atoms with Gasteiger partial charge in [0.1, 0.15) is 0 Å². The van der Waals surface area contributed by atoms with E-state index in [2.05, 4.69) is 45.5 Å². The Morgan fingerprint density at radius 1 is 1.44 bits per heavy atom. The summed E-state index contributed by atoms with van der Waals surface area (Å²) in [6.45, 7) is 11.0. The van der Waals surface area contributed by atoms with E-state index < -0.39 is 0 Å². The Kier molecular flexibility index (Phi) is 5.27. The van der Waals surface area contributed by atoms with Crippen molar-refractivity contribution in [2.75, 3.05) is 0 Å². The summed E-state index contributed by atoms with van der Waals surface area (Å²) in [5.41, 5.74) is 3.73. The molecule has 0 aliphatic heterocycles. The van der Waals surface area contributed by atoms with Crippen LogP contribution in [0.25, 0.3) is 6.08 Å². The highest BCUT2D eigenvalue weighted by Crippen LogP contribution is 2.17.